The second kappa shape index (κ2) is 10.7. The Morgan fingerprint density at radius 3 is 2.19 bits per heavy atom. The van der Waals surface area contributed by atoms with Gasteiger partial charge < -0.3 is 0 Å². The molecular formula is C17H33NO3. The van der Waals surface area contributed by atoms with Crippen molar-refractivity contribution in [3.05, 3.63) is 4.91 Å². The van der Waals surface area contributed by atoms with Crippen molar-refractivity contribution in [1.82, 2.24) is 0 Å². The monoisotopic (exact) mass is 299 g/mol. The highest BCUT2D eigenvalue weighted by Gasteiger charge is 2.29. The molecule has 0 radical (unpaired) electrons. The first kappa shape index (κ1) is 20.1. The summed E-state index contributed by atoms with van der Waals surface area (Å²) < 4.78 is 0. The molecule has 21 heavy (non-hydrogen) atoms. The number of hydrogen-bond donors (Lipinski definition) is 0. The van der Waals surface area contributed by atoms with Gasteiger partial charge in [0.25, 0.3) is 0 Å². The molecule has 0 saturated heterocycles. The topological polar surface area (TPSA) is 55.7 Å². The van der Waals surface area contributed by atoms with Crippen LogP contribution >= 0.6 is 0 Å². The second-order valence-electron chi connectivity index (χ2n) is 7.39. The molecule has 0 N–H and O–H groups in total. The zero-order valence-electron chi connectivity index (χ0n) is 14.5. The number of carbonyl (C=O) groups excluding carboxylic acids is 1. The normalized spacial score (nSPS) is 14.5. The van der Waals surface area contributed by atoms with Crippen molar-refractivity contribution >= 4 is 5.97 Å². The maximum atomic E-state index is 11.9. The van der Waals surface area contributed by atoms with E-state index in [2.05, 4.69) is 44.8 Å². The van der Waals surface area contributed by atoms with E-state index in [1.807, 2.05) is 0 Å². The van der Waals surface area contributed by atoms with Gasteiger partial charge in [0.15, 0.2) is 5.34 Å². The molecule has 2 atom stereocenters. The lowest BCUT2D eigenvalue weighted by atomic mass is 9.78. The highest BCUT2D eigenvalue weighted by atomic mass is 16.7. The Bertz CT molecular complexity index is 297. The molecule has 0 bridgehead atoms. The number of rotatable bonds is 11. The van der Waals surface area contributed by atoms with Gasteiger partial charge in [0, 0.05) is 0 Å². The van der Waals surface area contributed by atoms with Gasteiger partial charge in [-0.3, -0.25) is 4.84 Å². The summed E-state index contributed by atoms with van der Waals surface area (Å²) in [5, 5.41) is 2.30. The molecule has 0 saturated carbocycles. The Labute approximate surface area is 130 Å². The molecule has 0 aromatic heterocycles. The van der Waals surface area contributed by atoms with Crippen LogP contribution in [0.5, 0.6) is 0 Å². The highest BCUT2D eigenvalue weighted by molar-refractivity contribution is 5.72. The SMILES string of the molecule is CCCCCCCCC(C(=O)ON=O)C(C)CC(C)(C)C. The summed E-state index contributed by atoms with van der Waals surface area (Å²) in [7, 11) is 0. The van der Waals surface area contributed by atoms with Crippen LogP contribution in [-0.2, 0) is 9.63 Å². The summed E-state index contributed by atoms with van der Waals surface area (Å²) in [5.74, 6) is -0.474. The van der Waals surface area contributed by atoms with Crippen LogP contribution in [-0.4, -0.2) is 5.97 Å². The van der Waals surface area contributed by atoms with Crippen molar-refractivity contribution in [2.45, 2.75) is 86.0 Å². The molecule has 0 aliphatic heterocycles. The van der Waals surface area contributed by atoms with Crippen LogP contribution in [0.15, 0.2) is 5.34 Å². The molecule has 124 valence electrons. The standard InChI is InChI=1S/C17H33NO3/c1-6-7-8-9-10-11-12-15(16(19)21-18-20)14(2)13-17(3,4)5/h14-15H,6-13H2,1-5H3. The van der Waals surface area contributed by atoms with E-state index < -0.39 is 5.97 Å². The van der Waals surface area contributed by atoms with Gasteiger partial charge in [0.05, 0.1) is 5.92 Å². The predicted molar refractivity (Wildman–Crippen MR) is 86.6 cm³/mol. The number of hydrogen-bond acceptors (Lipinski definition) is 4. The average Bonchev–Trinajstić information content (AvgIpc) is 2.35. The van der Waals surface area contributed by atoms with Gasteiger partial charge in [-0.05, 0) is 24.2 Å². The van der Waals surface area contributed by atoms with Gasteiger partial charge in [-0.25, -0.2) is 4.79 Å². The number of carbonyl (C=O) groups is 1. The van der Waals surface area contributed by atoms with Gasteiger partial charge in [0.1, 0.15) is 0 Å². The number of unbranched alkanes of at least 4 members (excludes halogenated alkanes) is 5. The highest BCUT2D eigenvalue weighted by Crippen LogP contribution is 2.32. The third-order valence-electron chi connectivity index (χ3n) is 3.92. The fourth-order valence-corrected chi connectivity index (χ4v) is 2.99. The summed E-state index contributed by atoms with van der Waals surface area (Å²) in [5.41, 5.74) is 0.160. The van der Waals surface area contributed by atoms with Crippen molar-refractivity contribution in [1.29, 1.82) is 0 Å². The summed E-state index contributed by atoms with van der Waals surface area (Å²) in [4.78, 5) is 26.5. The van der Waals surface area contributed by atoms with E-state index in [0.717, 1.165) is 25.7 Å². The molecule has 0 aromatic carbocycles. The van der Waals surface area contributed by atoms with Crippen LogP contribution in [0.25, 0.3) is 0 Å². The van der Waals surface area contributed by atoms with Crippen LogP contribution in [0.4, 0.5) is 0 Å². The predicted octanol–water partition coefficient (Wildman–Crippen LogP) is 5.65. The van der Waals surface area contributed by atoms with Crippen LogP contribution in [0, 0.1) is 22.2 Å². The molecule has 0 heterocycles. The molecule has 4 heteroatoms. The van der Waals surface area contributed by atoms with E-state index >= 15 is 0 Å². The lowest BCUT2D eigenvalue weighted by Crippen LogP contribution is -2.26. The van der Waals surface area contributed by atoms with Gasteiger partial charge in [-0.1, -0.05) is 73.1 Å². The minimum Gasteiger partial charge on any atom is -0.284 e. The molecular weight excluding hydrogens is 266 g/mol. The molecule has 0 fully saturated rings. The lowest BCUT2D eigenvalue weighted by molar-refractivity contribution is -0.151. The van der Waals surface area contributed by atoms with Crippen LogP contribution < -0.4 is 0 Å². The maximum Gasteiger partial charge on any atom is 0.341 e. The Morgan fingerprint density at radius 2 is 1.67 bits per heavy atom. The maximum absolute atomic E-state index is 11.9. The van der Waals surface area contributed by atoms with Crippen molar-refractivity contribution in [3.8, 4) is 0 Å². The average molecular weight is 299 g/mol. The lowest BCUT2D eigenvalue weighted by Gasteiger charge is -2.27. The van der Waals surface area contributed by atoms with E-state index in [0.29, 0.717) is 0 Å². The second-order valence-corrected chi connectivity index (χ2v) is 7.39. The van der Waals surface area contributed by atoms with Crippen LogP contribution in [0.3, 0.4) is 0 Å². The minimum atomic E-state index is -0.463. The molecule has 2 unspecified atom stereocenters. The van der Waals surface area contributed by atoms with Crippen molar-refractivity contribution < 1.29 is 9.63 Å². The van der Waals surface area contributed by atoms with Crippen molar-refractivity contribution in [3.63, 3.8) is 0 Å². The van der Waals surface area contributed by atoms with Crippen LogP contribution in [0.2, 0.25) is 0 Å². The third kappa shape index (κ3) is 10.4. The quantitative estimate of drug-likeness (QED) is 0.281. The van der Waals surface area contributed by atoms with E-state index in [-0.39, 0.29) is 17.3 Å². The first-order valence-corrected chi connectivity index (χ1v) is 8.35. The Kier molecular flexibility index (Phi) is 10.3. The van der Waals surface area contributed by atoms with Gasteiger partial charge >= 0.3 is 5.97 Å². The number of nitrogens with zero attached hydrogens (tertiary/aromatic N) is 1. The zero-order valence-corrected chi connectivity index (χ0v) is 14.5. The van der Waals surface area contributed by atoms with Gasteiger partial charge in [-0.15, -0.1) is 4.91 Å². The Morgan fingerprint density at radius 1 is 1.10 bits per heavy atom. The zero-order chi connectivity index (χ0) is 16.3. The molecule has 4 nitrogen and oxygen atoms in total. The molecule has 0 spiro atoms. The minimum absolute atomic E-state index is 0.160. The molecule has 0 aromatic rings. The van der Waals surface area contributed by atoms with Gasteiger partial charge in [-0.2, -0.15) is 0 Å². The summed E-state index contributed by atoms with van der Waals surface area (Å²) in [6, 6.07) is 0. The molecule has 0 aliphatic rings. The van der Waals surface area contributed by atoms with Crippen molar-refractivity contribution in [2.75, 3.05) is 0 Å². The fourth-order valence-electron chi connectivity index (χ4n) is 2.99. The first-order chi connectivity index (χ1) is 9.81. The third-order valence-corrected chi connectivity index (χ3v) is 3.92. The smallest absolute Gasteiger partial charge is 0.284 e. The van der Waals surface area contributed by atoms with E-state index in [1.54, 1.807) is 0 Å². The van der Waals surface area contributed by atoms with Crippen molar-refractivity contribution in [2.24, 2.45) is 22.6 Å². The Balaban J connectivity index is 4.33. The Hall–Kier alpha value is -0.930. The van der Waals surface area contributed by atoms with Crippen LogP contribution in [0.1, 0.15) is 86.0 Å². The molecule has 0 rings (SSSR count). The molecule has 0 aliphatic carbocycles. The largest absolute Gasteiger partial charge is 0.341 e. The van der Waals surface area contributed by atoms with Gasteiger partial charge in [0.2, 0.25) is 0 Å². The summed E-state index contributed by atoms with van der Waals surface area (Å²) in [6.45, 7) is 10.8. The first-order valence-electron chi connectivity index (χ1n) is 8.35. The summed E-state index contributed by atoms with van der Waals surface area (Å²) >= 11 is 0. The molecule has 0 amide bonds. The summed E-state index contributed by atoms with van der Waals surface area (Å²) in [6.07, 6.45) is 8.87. The fraction of sp³-hybridized carbons (Fsp3) is 0.941. The van der Waals surface area contributed by atoms with E-state index in [1.165, 1.54) is 25.7 Å². The van der Waals surface area contributed by atoms with E-state index in [9.17, 15) is 9.70 Å². The van der Waals surface area contributed by atoms with E-state index in [4.69, 9.17) is 0 Å².